The number of hydrogen-bond acceptors (Lipinski definition) is 3. The summed E-state index contributed by atoms with van der Waals surface area (Å²) in [5.74, 6) is 0.136. The highest BCUT2D eigenvalue weighted by Gasteiger charge is 2.15. The number of aromatic nitrogens is 1. The standard InChI is InChI=1S/C12H16BrClN2O2/c1-7(2)3-9(6-17)16-12(18)8-4-10(13)11(14)15-5-8/h4-5,7,9,17H,3,6H2,1-2H3,(H,16,18). The Bertz CT molecular complexity index is 427. The maximum absolute atomic E-state index is 11.9. The number of amides is 1. The van der Waals surface area contributed by atoms with Gasteiger partial charge in [0.25, 0.3) is 5.91 Å². The van der Waals surface area contributed by atoms with Crippen LogP contribution in [0, 0.1) is 5.92 Å². The number of carbonyl (C=O) groups excluding carboxylic acids is 1. The number of nitrogens with one attached hydrogen (secondary N) is 1. The first-order valence-corrected chi connectivity index (χ1v) is 6.84. The molecule has 4 nitrogen and oxygen atoms in total. The lowest BCUT2D eigenvalue weighted by Crippen LogP contribution is -2.38. The molecule has 0 saturated heterocycles. The summed E-state index contributed by atoms with van der Waals surface area (Å²) in [6.45, 7) is 4.00. The Morgan fingerprint density at radius 2 is 2.28 bits per heavy atom. The van der Waals surface area contributed by atoms with Gasteiger partial charge in [-0.15, -0.1) is 0 Å². The van der Waals surface area contributed by atoms with Crippen LogP contribution in [0.25, 0.3) is 0 Å². The van der Waals surface area contributed by atoms with Crippen molar-refractivity contribution in [3.63, 3.8) is 0 Å². The molecule has 0 bridgehead atoms. The zero-order valence-electron chi connectivity index (χ0n) is 10.3. The smallest absolute Gasteiger partial charge is 0.253 e. The molecular formula is C12H16BrClN2O2. The van der Waals surface area contributed by atoms with Crippen LogP contribution in [0.5, 0.6) is 0 Å². The summed E-state index contributed by atoms with van der Waals surface area (Å²) in [6.07, 6.45) is 2.14. The summed E-state index contributed by atoms with van der Waals surface area (Å²) in [5, 5.41) is 12.3. The molecule has 1 unspecified atom stereocenters. The normalized spacial score (nSPS) is 12.6. The molecule has 0 radical (unpaired) electrons. The molecule has 1 rings (SSSR count). The van der Waals surface area contributed by atoms with Gasteiger partial charge >= 0.3 is 0 Å². The molecule has 1 aromatic rings. The summed E-state index contributed by atoms with van der Waals surface area (Å²) in [6, 6.07) is 1.36. The molecule has 0 aliphatic heterocycles. The van der Waals surface area contributed by atoms with Gasteiger partial charge in [-0.1, -0.05) is 25.4 Å². The van der Waals surface area contributed by atoms with Crippen LogP contribution in [0.4, 0.5) is 0 Å². The fraction of sp³-hybridized carbons (Fsp3) is 0.500. The minimum atomic E-state index is -0.264. The van der Waals surface area contributed by atoms with Crippen LogP contribution in [0.15, 0.2) is 16.7 Å². The second kappa shape index (κ2) is 7.07. The van der Waals surface area contributed by atoms with Gasteiger partial charge in [-0.25, -0.2) is 4.98 Å². The highest BCUT2D eigenvalue weighted by molar-refractivity contribution is 9.10. The lowest BCUT2D eigenvalue weighted by Gasteiger charge is -2.18. The van der Waals surface area contributed by atoms with E-state index in [1.165, 1.54) is 6.20 Å². The summed E-state index contributed by atoms with van der Waals surface area (Å²) >= 11 is 8.97. The van der Waals surface area contributed by atoms with Crippen molar-refractivity contribution < 1.29 is 9.90 Å². The third-order valence-electron chi connectivity index (χ3n) is 2.37. The topological polar surface area (TPSA) is 62.2 Å². The van der Waals surface area contributed by atoms with Gasteiger partial charge in [0, 0.05) is 6.20 Å². The second-order valence-electron chi connectivity index (χ2n) is 4.48. The quantitative estimate of drug-likeness (QED) is 0.813. The van der Waals surface area contributed by atoms with E-state index in [0.717, 1.165) is 6.42 Å². The predicted molar refractivity (Wildman–Crippen MR) is 74.7 cm³/mol. The molecule has 6 heteroatoms. The SMILES string of the molecule is CC(C)CC(CO)NC(=O)c1cnc(Cl)c(Br)c1. The molecule has 100 valence electrons. The monoisotopic (exact) mass is 334 g/mol. The van der Waals surface area contributed by atoms with Crippen molar-refractivity contribution in [1.29, 1.82) is 0 Å². The van der Waals surface area contributed by atoms with E-state index >= 15 is 0 Å². The zero-order valence-corrected chi connectivity index (χ0v) is 12.6. The summed E-state index contributed by atoms with van der Waals surface area (Å²) in [5.41, 5.74) is 0.411. The fourth-order valence-corrected chi connectivity index (χ4v) is 2.01. The van der Waals surface area contributed by atoms with E-state index in [0.29, 0.717) is 21.1 Å². The van der Waals surface area contributed by atoms with Crippen molar-refractivity contribution in [3.05, 3.63) is 27.5 Å². The van der Waals surface area contributed by atoms with Crippen LogP contribution < -0.4 is 5.32 Å². The van der Waals surface area contributed by atoms with Crippen molar-refractivity contribution in [2.45, 2.75) is 26.3 Å². The van der Waals surface area contributed by atoms with Crippen molar-refractivity contribution in [2.24, 2.45) is 5.92 Å². The van der Waals surface area contributed by atoms with Crippen molar-refractivity contribution in [1.82, 2.24) is 10.3 Å². The molecule has 0 aromatic carbocycles. The Labute approximate surface area is 120 Å². The van der Waals surface area contributed by atoms with E-state index < -0.39 is 0 Å². The van der Waals surface area contributed by atoms with Crippen LogP contribution in [0.2, 0.25) is 5.15 Å². The summed E-state index contributed by atoms with van der Waals surface area (Å²) in [7, 11) is 0. The minimum absolute atomic E-state index is 0.0773. The Hall–Kier alpha value is -0.650. The van der Waals surface area contributed by atoms with Crippen LogP contribution in [-0.4, -0.2) is 28.6 Å². The number of rotatable bonds is 5. The van der Waals surface area contributed by atoms with E-state index in [-0.39, 0.29) is 18.6 Å². The van der Waals surface area contributed by atoms with Crippen LogP contribution in [0.3, 0.4) is 0 Å². The van der Waals surface area contributed by atoms with E-state index in [2.05, 4.69) is 26.2 Å². The minimum Gasteiger partial charge on any atom is -0.394 e. The van der Waals surface area contributed by atoms with E-state index in [4.69, 9.17) is 11.6 Å². The molecule has 0 aliphatic rings. The molecule has 1 heterocycles. The molecule has 1 amide bonds. The van der Waals surface area contributed by atoms with Gasteiger partial charge in [0.15, 0.2) is 0 Å². The third kappa shape index (κ3) is 4.55. The molecule has 0 aliphatic carbocycles. The number of hydrogen-bond donors (Lipinski definition) is 2. The Morgan fingerprint density at radius 3 is 2.78 bits per heavy atom. The number of aliphatic hydroxyl groups is 1. The number of pyridine rings is 1. The van der Waals surface area contributed by atoms with Crippen molar-refractivity contribution in [2.75, 3.05) is 6.61 Å². The zero-order chi connectivity index (χ0) is 13.7. The maximum Gasteiger partial charge on any atom is 0.253 e. The average molecular weight is 336 g/mol. The third-order valence-corrected chi connectivity index (χ3v) is 3.50. The molecule has 1 atom stereocenters. The van der Waals surface area contributed by atoms with Gasteiger partial charge in [0.1, 0.15) is 5.15 Å². The molecular weight excluding hydrogens is 320 g/mol. The largest absolute Gasteiger partial charge is 0.394 e. The van der Waals surface area contributed by atoms with Crippen molar-refractivity contribution >= 4 is 33.4 Å². The first kappa shape index (κ1) is 15.4. The molecule has 0 fully saturated rings. The molecule has 2 N–H and O–H groups in total. The van der Waals surface area contributed by atoms with E-state index in [1.54, 1.807) is 6.07 Å². The van der Waals surface area contributed by atoms with Gasteiger partial charge in [-0.2, -0.15) is 0 Å². The van der Waals surface area contributed by atoms with Gasteiger partial charge in [0.05, 0.1) is 22.7 Å². The Morgan fingerprint density at radius 1 is 1.61 bits per heavy atom. The fourth-order valence-electron chi connectivity index (χ4n) is 1.56. The number of halogens is 2. The lowest BCUT2D eigenvalue weighted by molar-refractivity contribution is 0.0908. The highest BCUT2D eigenvalue weighted by atomic mass is 79.9. The number of carbonyl (C=O) groups is 1. The van der Waals surface area contributed by atoms with Gasteiger partial charge in [-0.05, 0) is 34.3 Å². The lowest BCUT2D eigenvalue weighted by atomic mass is 10.0. The summed E-state index contributed by atoms with van der Waals surface area (Å²) in [4.78, 5) is 15.8. The summed E-state index contributed by atoms with van der Waals surface area (Å²) < 4.78 is 0.571. The van der Waals surface area contributed by atoms with Crippen molar-refractivity contribution in [3.8, 4) is 0 Å². The van der Waals surface area contributed by atoms with Gasteiger partial charge < -0.3 is 10.4 Å². The van der Waals surface area contributed by atoms with Gasteiger partial charge in [-0.3, -0.25) is 4.79 Å². The first-order chi connectivity index (χ1) is 8.43. The average Bonchev–Trinajstić information content (AvgIpc) is 2.31. The van der Waals surface area contributed by atoms with Gasteiger partial charge in [0.2, 0.25) is 0 Å². The Kier molecular flexibility index (Phi) is 6.05. The second-order valence-corrected chi connectivity index (χ2v) is 5.69. The molecule has 1 aromatic heterocycles. The number of aliphatic hydroxyl groups excluding tert-OH is 1. The predicted octanol–water partition coefficient (Wildman–Crippen LogP) is 2.63. The molecule has 0 spiro atoms. The van der Waals surface area contributed by atoms with Crippen LogP contribution in [0.1, 0.15) is 30.6 Å². The van der Waals surface area contributed by atoms with E-state index in [9.17, 15) is 9.90 Å². The first-order valence-electron chi connectivity index (χ1n) is 5.66. The number of nitrogens with zero attached hydrogens (tertiary/aromatic N) is 1. The maximum atomic E-state index is 11.9. The Balaban J connectivity index is 2.71. The van der Waals surface area contributed by atoms with Crippen LogP contribution >= 0.6 is 27.5 Å². The molecule has 18 heavy (non-hydrogen) atoms. The van der Waals surface area contributed by atoms with Crippen LogP contribution in [-0.2, 0) is 0 Å². The van der Waals surface area contributed by atoms with E-state index in [1.807, 2.05) is 13.8 Å². The molecule has 0 saturated carbocycles. The highest BCUT2D eigenvalue weighted by Crippen LogP contribution is 2.20.